The number of benzene rings is 1. The molecule has 1 heterocycles. The van der Waals surface area contributed by atoms with E-state index in [4.69, 9.17) is 16.0 Å². The van der Waals surface area contributed by atoms with Crippen molar-refractivity contribution in [3.05, 3.63) is 46.7 Å². The van der Waals surface area contributed by atoms with Crippen LogP contribution in [-0.2, 0) is 16.2 Å². The molecule has 1 aromatic carbocycles. The van der Waals surface area contributed by atoms with Gasteiger partial charge >= 0.3 is 6.18 Å². The summed E-state index contributed by atoms with van der Waals surface area (Å²) in [6.45, 7) is 0. The van der Waals surface area contributed by atoms with Gasteiger partial charge in [0.15, 0.2) is 5.76 Å². The lowest BCUT2D eigenvalue weighted by atomic mass is 10.2. The summed E-state index contributed by atoms with van der Waals surface area (Å²) < 4.78 is 69.9. The second kappa shape index (κ2) is 6.60. The van der Waals surface area contributed by atoms with Crippen molar-refractivity contribution in [2.24, 2.45) is 0 Å². The molecule has 2 N–H and O–H groups in total. The largest absolute Gasteiger partial charge is 0.438 e. The summed E-state index contributed by atoms with van der Waals surface area (Å²) >= 11 is 5.51. The molecule has 3 rings (SSSR count). The second-order valence-electron chi connectivity index (χ2n) is 5.66. The molecule has 1 aliphatic carbocycles. The van der Waals surface area contributed by atoms with E-state index in [9.17, 15) is 26.4 Å². The summed E-state index contributed by atoms with van der Waals surface area (Å²) in [6, 6.07) is 4.94. The summed E-state index contributed by atoms with van der Waals surface area (Å²) in [7, 11) is -3.88. The van der Waals surface area contributed by atoms with Crippen LogP contribution in [0.3, 0.4) is 0 Å². The fourth-order valence-electron chi connectivity index (χ4n) is 2.08. The Kier molecular flexibility index (Phi) is 4.76. The second-order valence-corrected chi connectivity index (χ2v) is 7.71. The number of amides is 1. The first-order valence-corrected chi connectivity index (χ1v) is 9.22. The number of hydrogen-bond donors (Lipinski definition) is 2. The van der Waals surface area contributed by atoms with Crippen LogP contribution in [0.25, 0.3) is 0 Å². The van der Waals surface area contributed by atoms with Crippen LogP contribution in [0, 0.1) is 0 Å². The monoisotopic (exact) mass is 408 g/mol. The van der Waals surface area contributed by atoms with Crippen molar-refractivity contribution in [1.29, 1.82) is 0 Å². The van der Waals surface area contributed by atoms with Crippen LogP contribution in [0.1, 0.15) is 29.0 Å². The van der Waals surface area contributed by atoms with Gasteiger partial charge in [-0.3, -0.25) is 4.79 Å². The number of halogens is 4. The van der Waals surface area contributed by atoms with Crippen LogP contribution < -0.4 is 10.0 Å². The molecule has 0 radical (unpaired) electrons. The summed E-state index contributed by atoms with van der Waals surface area (Å²) in [4.78, 5) is 12.1. The van der Waals surface area contributed by atoms with Crippen LogP contribution in [-0.4, -0.2) is 20.4 Å². The summed E-state index contributed by atoms with van der Waals surface area (Å²) in [5.74, 6) is -1.25. The Morgan fingerprint density at radius 1 is 1.19 bits per heavy atom. The number of rotatable bonds is 5. The van der Waals surface area contributed by atoms with E-state index in [-0.39, 0.29) is 17.5 Å². The molecule has 0 saturated heterocycles. The van der Waals surface area contributed by atoms with Gasteiger partial charge in [-0.05, 0) is 43.2 Å². The Hall–Kier alpha value is -2.04. The number of alkyl halides is 3. The van der Waals surface area contributed by atoms with Crippen molar-refractivity contribution < 1.29 is 30.8 Å². The highest BCUT2D eigenvalue weighted by molar-refractivity contribution is 7.89. The first-order valence-electron chi connectivity index (χ1n) is 7.36. The zero-order valence-corrected chi connectivity index (χ0v) is 14.5. The molecule has 6 nitrogen and oxygen atoms in total. The Bertz CT molecular complexity index is 952. The molecule has 0 unspecified atom stereocenters. The number of furan rings is 1. The number of carbonyl (C=O) groups excluding carboxylic acids is 1. The average molecular weight is 409 g/mol. The van der Waals surface area contributed by atoms with Crippen LogP contribution in [0.15, 0.2) is 39.8 Å². The Balaban J connectivity index is 1.77. The predicted molar refractivity (Wildman–Crippen MR) is 86.5 cm³/mol. The zero-order chi connectivity index (χ0) is 19.1. The standard InChI is InChI=1S/C15H12ClF3N2O4S/c16-11-4-3-9(7-10(11)15(17,18)19)20-14(22)12-5-6-13(25-12)26(23,24)21-8-1-2-8/h3-8,21H,1-2H2,(H,20,22). The molecular formula is C15H12ClF3N2O4S. The lowest BCUT2D eigenvalue weighted by Gasteiger charge is -2.11. The maximum absolute atomic E-state index is 12.8. The van der Waals surface area contributed by atoms with Crippen molar-refractivity contribution in [1.82, 2.24) is 4.72 Å². The number of hydrogen-bond acceptors (Lipinski definition) is 4. The van der Waals surface area contributed by atoms with E-state index in [2.05, 4.69) is 10.0 Å². The lowest BCUT2D eigenvalue weighted by Crippen LogP contribution is -2.25. The highest BCUT2D eigenvalue weighted by atomic mass is 35.5. The zero-order valence-electron chi connectivity index (χ0n) is 12.9. The van der Waals surface area contributed by atoms with Crippen LogP contribution in [0.4, 0.5) is 18.9 Å². The van der Waals surface area contributed by atoms with Crippen molar-refractivity contribution in [2.45, 2.75) is 30.2 Å². The molecule has 140 valence electrons. The molecule has 1 aromatic heterocycles. The first-order chi connectivity index (χ1) is 12.1. The fourth-order valence-corrected chi connectivity index (χ4v) is 3.54. The van der Waals surface area contributed by atoms with E-state index in [0.29, 0.717) is 6.07 Å². The molecule has 11 heteroatoms. The Labute approximate surface area is 151 Å². The molecule has 0 bridgehead atoms. The maximum atomic E-state index is 12.8. The summed E-state index contributed by atoms with van der Waals surface area (Å²) in [5.41, 5.74) is -1.27. The molecule has 0 aliphatic heterocycles. The van der Waals surface area contributed by atoms with Gasteiger partial charge in [-0.1, -0.05) is 11.6 Å². The third kappa shape index (κ3) is 4.19. The molecule has 1 amide bonds. The van der Waals surface area contributed by atoms with Crippen molar-refractivity contribution in [3.63, 3.8) is 0 Å². The first kappa shape index (κ1) is 18.7. The van der Waals surface area contributed by atoms with E-state index in [1.54, 1.807) is 0 Å². The van der Waals surface area contributed by atoms with Crippen molar-refractivity contribution >= 4 is 33.2 Å². The maximum Gasteiger partial charge on any atom is 0.417 e. The molecule has 0 atom stereocenters. The number of anilines is 1. The highest BCUT2D eigenvalue weighted by Gasteiger charge is 2.34. The molecule has 1 aliphatic rings. The smallest absolute Gasteiger partial charge is 0.417 e. The van der Waals surface area contributed by atoms with Crippen molar-refractivity contribution in [3.8, 4) is 0 Å². The van der Waals surface area contributed by atoms with E-state index >= 15 is 0 Å². The molecule has 1 fully saturated rings. The predicted octanol–water partition coefficient (Wildman–Crippen LogP) is 3.64. The number of sulfonamides is 1. The van der Waals surface area contributed by atoms with Gasteiger partial charge in [0.1, 0.15) is 0 Å². The van der Waals surface area contributed by atoms with Gasteiger partial charge < -0.3 is 9.73 Å². The molecule has 0 spiro atoms. The Morgan fingerprint density at radius 3 is 2.50 bits per heavy atom. The van der Waals surface area contributed by atoms with Crippen LogP contribution in [0.5, 0.6) is 0 Å². The fraction of sp³-hybridized carbons (Fsp3) is 0.267. The third-order valence-corrected chi connectivity index (χ3v) is 5.22. The highest BCUT2D eigenvalue weighted by Crippen LogP contribution is 2.36. The van der Waals surface area contributed by atoms with Crippen LogP contribution >= 0.6 is 11.6 Å². The molecular weight excluding hydrogens is 397 g/mol. The third-order valence-electron chi connectivity index (χ3n) is 3.50. The van der Waals surface area contributed by atoms with Crippen LogP contribution in [0.2, 0.25) is 5.02 Å². The summed E-state index contributed by atoms with van der Waals surface area (Å²) in [6.07, 6.45) is -3.23. The SMILES string of the molecule is O=C(Nc1ccc(Cl)c(C(F)(F)F)c1)c1ccc(S(=O)(=O)NC2CC2)o1. The molecule has 1 saturated carbocycles. The topological polar surface area (TPSA) is 88.4 Å². The minimum atomic E-state index is -4.68. The van der Waals surface area contributed by atoms with Gasteiger partial charge in [-0.15, -0.1) is 0 Å². The minimum Gasteiger partial charge on any atom is -0.438 e. The van der Waals surface area contributed by atoms with Gasteiger partial charge in [0.2, 0.25) is 5.09 Å². The van der Waals surface area contributed by atoms with Gasteiger partial charge in [0.25, 0.3) is 15.9 Å². The van der Waals surface area contributed by atoms with Gasteiger partial charge in [-0.25, -0.2) is 13.1 Å². The molecule has 2 aromatic rings. The quantitative estimate of drug-likeness (QED) is 0.790. The molecule has 26 heavy (non-hydrogen) atoms. The van der Waals surface area contributed by atoms with Crippen molar-refractivity contribution in [2.75, 3.05) is 5.32 Å². The van der Waals surface area contributed by atoms with Gasteiger partial charge in [0, 0.05) is 11.7 Å². The lowest BCUT2D eigenvalue weighted by molar-refractivity contribution is -0.137. The average Bonchev–Trinajstić information content (AvgIpc) is 3.17. The summed E-state index contributed by atoms with van der Waals surface area (Å²) in [5, 5.41) is 1.26. The van der Waals surface area contributed by atoms with Gasteiger partial charge in [0.05, 0.1) is 10.6 Å². The number of carbonyl (C=O) groups is 1. The Morgan fingerprint density at radius 2 is 1.88 bits per heavy atom. The van der Waals surface area contributed by atoms with E-state index in [1.165, 1.54) is 6.07 Å². The van der Waals surface area contributed by atoms with E-state index in [0.717, 1.165) is 31.0 Å². The van der Waals surface area contributed by atoms with E-state index in [1.807, 2.05) is 0 Å². The number of nitrogens with one attached hydrogen (secondary N) is 2. The van der Waals surface area contributed by atoms with Gasteiger partial charge in [-0.2, -0.15) is 13.2 Å². The normalized spacial score (nSPS) is 15.1. The van der Waals surface area contributed by atoms with E-state index < -0.39 is 37.8 Å². The minimum absolute atomic E-state index is 0.141.